The van der Waals surface area contributed by atoms with Gasteiger partial charge in [0.15, 0.2) is 0 Å². The molecule has 0 unspecified atom stereocenters. The number of hydrogen-bond donors (Lipinski definition) is 0. The van der Waals surface area contributed by atoms with E-state index in [0.29, 0.717) is 31.7 Å². The largest absolute Gasteiger partial charge is 0.472 e. The van der Waals surface area contributed by atoms with Crippen LogP contribution in [0.15, 0.2) is 47.3 Å². The molecule has 6 nitrogen and oxygen atoms in total. The van der Waals surface area contributed by atoms with Crippen molar-refractivity contribution < 1.29 is 14.0 Å². The predicted molar refractivity (Wildman–Crippen MR) is 108 cm³/mol. The minimum atomic E-state index is -0.123. The smallest absolute Gasteiger partial charge is 0.257 e. The van der Waals surface area contributed by atoms with Gasteiger partial charge in [-0.3, -0.25) is 9.59 Å². The van der Waals surface area contributed by atoms with Crippen molar-refractivity contribution in [2.45, 2.75) is 12.8 Å². The molecule has 28 heavy (non-hydrogen) atoms. The van der Waals surface area contributed by atoms with Gasteiger partial charge in [0.1, 0.15) is 6.26 Å². The molecule has 148 valence electrons. The first-order valence-corrected chi connectivity index (χ1v) is 10.1. The summed E-state index contributed by atoms with van der Waals surface area (Å²) in [6.45, 7) is 4.13. The molecule has 2 amide bonds. The molecule has 2 aliphatic rings. The molecule has 0 radical (unpaired) electrons. The standard InChI is InChI=1S/C21H24ClN3O3/c22-18-4-1-5-19(13-18)23-8-10-24(11-9-23)20(26)16-3-2-7-25(14-16)21(27)17-6-12-28-15-17/h1,4-6,12-13,15-16H,2-3,7-11,14H2/t16-/m1/s1. The number of carbonyl (C=O) groups is 2. The molecule has 2 aliphatic heterocycles. The van der Waals surface area contributed by atoms with Crippen LogP contribution < -0.4 is 4.90 Å². The highest BCUT2D eigenvalue weighted by molar-refractivity contribution is 6.30. The molecule has 1 aromatic heterocycles. The molecule has 0 bridgehead atoms. The number of hydrogen-bond acceptors (Lipinski definition) is 4. The molecule has 1 atom stereocenters. The van der Waals surface area contributed by atoms with Crippen molar-refractivity contribution in [2.75, 3.05) is 44.2 Å². The van der Waals surface area contributed by atoms with E-state index in [9.17, 15) is 9.59 Å². The number of nitrogens with zero attached hydrogens (tertiary/aromatic N) is 3. The molecule has 0 spiro atoms. The molecule has 1 aromatic carbocycles. The first-order valence-electron chi connectivity index (χ1n) is 9.72. The van der Waals surface area contributed by atoms with E-state index in [0.717, 1.165) is 36.6 Å². The maximum absolute atomic E-state index is 13.0. The summed E-state index contributed by atoms with van der Waals surface area (Å²) in [6, 6.07) is 9.49. The average molecular weight is 402 g/mol. The lowest BCUT2D eigenvalue weighted by molar-refractivity contribution is -0.137. The summed E-state index contributed by atoms with van der Waals surface area (Å²) >= 11 is 6.09. The van der Waals surface area contributed by atoms with Gasteiger partial charge >= 0.3 is 0 Å². The van der Waals surface area contributed by atoms with Gasteiger partial charge < -0.3 is 19.1 Å². The summed E-state index contributed by atoms with van der Waals surface area (Å²) in [6.07, 6.45) is 4.65. The van der Waals surface area contributed by atoms with Crippen LogP contribution >= 0.6 is 11.6 Å². The minimum Gasteiger partial charge on any atom is -0.472 e. The summed E-state index contributed by atoms with van der Waals surface area (Å²) in [5, 5.41) is 0.723. The van der Waals surface area contributed by atoms with Crippen molar-refractivity contribution in [1.29, 1.82) is 0 Å². The summed E-state index contributed by atoms with van der Waals surface area (Å²) in [7, 11) is 0. The lowest BCUT2D eigenvalue weighted by atomic mass is 9.95. The average Bonchev–Trinajstić information content (AvgIpc) is 3.28. The first-order chi connectivity index (χ1) is 13.6. The quantitative estimate of drug-likeness (QED) is 0.792. The molecule has 4 rings (SSSR count). The fraction of sp³-hybridized carbons (Fsp3) is 0.429. The fourth-order valence-electron chi connectivity index (χ4n) is 4.05. The zero-order valence-electron chi connectivity index (χ0n) is 15.7. The van der Waals surface area contributed by atoms with Gasteiger partial charge in [0.25, 0.3) is 5.91 Å². The van der Waals surface area contributed by atoms with E-state index in [1.165, 1.54) is 12.5 Å². The summed E-state index contributed by atoms with van der Waals surface area (Å²) in [5.41, 5.74) is 1.64. The maximum atomic E-state index is 13.0. The van der Waals surface area contributed by atoms with Gasteiger partial charge in [-0.2, -0.15) is 0 Å². The molecular weight excluding hydrogens is 378 g/mol. The Morgan fingerprint density at radius 2 is 1.86 bits per heavy atom. The molecule has 0 saturated carbocycles. The number of likely N-dealkylation sites (tertiary alicyclic amines) is 1. The Labute approximate surface area is 169 Å². The van der Waals surface area contributed by atoms with Gasteiger partial charge in [-0.05, 0) is 37.1 Å². The third-order valence-electron chi connectivity index (χ3n) is 5.59. The Kier molecular flexibility index (Phi) is 5.57. The zero-order valence-corrected chi connectivity index (χ0v) is 16.5. The van der Waals surface area contributed by atoms with Crippen LogP contribution in [0.25, 0.3) is 0 Å². The third-order valence-corrected chi connectivity index (χ3v) is 5.83. The predicted octanol–water partition coefficient (Wildman–Crippen LogP) is 3.13. The molecular formula is C21H24ClN3O3. The van der Waals surface area contributed by atoms with Crippen LogP contribution in [-0.2, 0) is 4.79 Å². The van der Waals surface area contributed by atoms with Crippen LogP contribution in [0.3, 0.4) is 0 Å². The van der Waals surface area contributed by atoms with Gasteiger partial charge in [-0.1, -0.05) is 17.7 Å². The number of anilines is 1. The van der Waals surface area contributed by atoms with E-state index >= 15 is 0 Å². The van der Waals surface area contributed by atoms with E-state index in [-0.39, 0.29) is 17.7 Å². The van der Waals surface area contributed by atoms with Crippen molar-refractivity contribution in [2.24, 2.45) is 5.92 Å². The zero-order chi connectivity index (χ0) is 19.5. The maximum Gasteiger partial charge on any atom is 0.257 e. The number of benzene rings is 1. The Bertz CT molecular complexity index is 831. The molecule has 2 aromatic rings. The van der Waals surface area contributed by atoms with Crippen LogP contribution in [0.2, 0.25) is 5.02 Å². The number of rotatable bonds is 3. The number of amides is 2. The van der Waals surface area contributed by atoms with Gasteiger partial charge in [-0.15, -0.1) is 0 Å². The van der Waals surface area contributed by atoms with Crippen LogP contribution in [0.4, 0.5) is 5.69 Å². The normalized spacial score (nSPS) is 20.3. The number of piperidine rings is 1. The van der Waals surface area contributed by atoms with E-state index in [2.05, 4.69) is 4.90 Å². The Hall–Kier alpha value is -2.47. The van der Waals surface area contributed by atoms with Crippen LogP contribution in [0.1, 0.15) is 23.2 Å². The number of piperazine rings is 1. The van der Waals surface area contributed by atoms with Crippen molar-refractivity contribution in [3.63, 3.8) is 0 Å². The summed E-state index contributed by atoms with van der Waals surface area (Å²) in [5.74, 6) is -0.0187. The second kappa shape index (κ2) is 8.27. The highest BCUT2D eigenvalue weighted by Crippen LogP contribution is 2.24. The van der Waals surface area contributed by atoms with Crippen LogP contribution in [0, 0.1) is 5.92 Å². The summed E-state index contributed by atoms with van der Waals surface area (Å²) < 4.78 is 5.01. The molecule has 2 fully saturated rings. The van der Waals surface area contributed by atoms with Crippen molar-refractivity contribution in [3.05, 3.63) is 53.4 Å². The van der Waals surface area contributed by atoms with E-state index in [1.807, 2.05) is 29.2 Å². The van der Waals surface area contributed by atoms with Crippen molar-refractivity contribution in [1.82, 2.24) is 9.80 Å². The lowest BCUT2D eigenvalue weighted by Gasteiger charge is -2.39. The van der Waals surface area contributed by atoms with Gasteiger partial charge in [0.2, 0.25) is 5.91 Å². The van der Waals surface area contributed by atoms with E-state index < -0.39 is 0 Å². The van der Waals surface area contributed by atoms with E-state index in [1.54, 1.807) is 11.0 Å². The Morgan fingerprint density at radius 3 is 2.57 bits per heavy atom. The highest BCUT2D eigenvalue weighted by atomic mass is 35.5. The highest BCUT2D eigenvalue weighted by Gasteiger charge is 2.33. The summed E-state index contributed by atoms with van der Waals surface area (Å²) in [4.78, 5) is 31.6. The van der Waals surface area contributed by atoms with E-state index in [4.69, 9.17) is 16.0 Å². The monoisotopic (exact) mass is 401 g/mol. The molecule has 3 heterocycles. The second-order valence-corrected chi connectivity index (χ2v) is 7.83. The van der Waals surface area contributed by atoms with Crippen molar-refractivity contribution in [3.8, 4) is 0 Å². The van der Waals surface area contributed by atoms with Crippen LogP contribution in [0.5, 0.6) is 0 Å². The lowest BCUT2D eigenvalue weighted by Crippen LogP contribution is -2.53. The van der Waals surface area contributed by atoms with Crippen molar-refractivity contribution >= 4 is 29.1 Å². The number of halogens is 1. The third kappa shape index (κ3) is 4.02. The van der Waals surface area contributed by atoms with Gasteiger partial charge in [-0.25, -0.2) is 0 Å². The topological polar surface area (TPSA) is 57.0 Å². The van der Waals surface area contributed by atoms with Crippen LogP contribution in [-0.4, -0.2) is 60.9 Å². The Morgan fingerprint density at radius 1 is 1.04 bits per heavy atom. The fourth-order valence-corrected chi connectivity index (χ4v) is 4.23. The Balaban J connectivity index is 1.34. The second-order valence-electron chi connectivity index (χ2n) is 7.39. The number of carbonyl (C=O) groups excluding carboxylic acids is 2. The number of furan rings is 1. The van der Waals surface area contributed by atoms with Gasteiger partial charge in [0, 0.05) is 50.0 Å². The molecule has 0 N–H and O–H groups in total. The molecule has 2 saturated heterocycles. The SMILES string of the molecule is O=C(c1ccoc1)N1CCC[C@@H](C(=O)N2CCN(c3cccc(Cl)c3)CC2)C1. The molecule has 0 aliphatic carbocycles. The minimum absolute atomic E-state index is 0.0583. The molecule has 7 heteroatoms. The van der Waals surface area contributed by atoms with Gasteiger partial charge in [0.05, 0.1) is 17.7 Å². The first kappa shape index (κ1) is 18.9.